The van der Waals surface area contributed by atoms with E-state index in [1.807, 2.05) is 0 Å². The van der Waals surface area contributed by atoms with Crippen LogP contribution in [-0.4, -0.2) is 12.0 Å². The molecule has 0 aromatic heterocycles. The van der Waals surface area contributed by atoms with E-state index in [1.54, 1.807) is 13.8 Å². The van der Waals surface area contributed by atoms with Crippen molar-refractivity contribution in [1.29, 1.82) is 0 Å². The van der Waals surface area contributed by atoms with Crippen LogP contribution in [0.4, 0.5) is 0 Å². The molecule has 1 radical (unpaired) electrons. The maximum atomic E-state index is 10.4. The Hall–Kier alpha value is -0.570. The molecule has 0 saturated heterocycles. The van der Waals surface area contributed by atoms with E-state index in [0.29, 0.717) is 0 Å². The van der Waals surface area contributed by atoms with Crippen LogP contribution in [0.25, 0.3) is 0 Å². The molecular formula is C5H10NO2. The Balaban J connectivity index is 3.33. The molecule has 1 atom stereocenters. The van der Waals surface area contributed by atoms with Crippen molar-refractivity contribution in [2.45, 2.75) is 19.9 Å². The Morgan fingerprint density at radius 2 is 2.38 bits per heavy atom. The molecule has 0 aromatic rings. The highest BCUT2D eigenvalue weighted by atomic mass is 16.5. The van der Waals surface area contributed by atoms with E-state index in [0.717, 1.165) is 0 Å². The van der Waals surface area contributed by atoms with Gasteiger partial charge >= 0.3 is 5.97 Å². The molecular weight excluding hydrogens is 106 g/mol. The van der Waals surface area contributed by atoms with Crippen LogP contribution in [0.5, 0.6) is 0 Å². The van der Waals surface area contributed by atoms with Gasteiger partial charge in [0.2, 0.25) is 0 Å². The second-order valence-corrected chi connectivity index (χ2v) is 1.46. The van der Waals surface area contributed by atoms with Gasteiger partial charge in [0, 0.05) is 0 Å². The van der Waals surface area contributed by atoms with E-state index in [1.165, 1.54) is 6.61 Å². The molecule has 8 heavy (non-hydrogen) atoms. The van der Waals surface area contributed by atoms with Crippen LogP contribution in [0, 0.1) is 6.61 Å². The Morgan fingerprint density at radius 1 is 1.88 bits per heavy atom. The fourth-order valence-electron chi connectivity index (χ4n) is 0.223. The van der Waals surface area contributed by atoms with E-state index < -0.39 is 12.0 Å². The zero-order valence-corrected chi connectivity index (χ0v) is 5.05. The largest absolute Gasteiger partial charge is 0.458 e. The van der Waals surface area contributed by atoms with Gasteiger partial charge in [-0.15, -0.1) is 0 Å². The van der Waals surface area contributed by atoms with E-state index in [4.69, 9.17) is 5.73 Å². The van der Waals surface area contributed by atoms with Gasteiger partial charge in [0.25, 0.3) is 0 Å². The first-order valence-corrected chi connectivity index (χ1v) is 2.42. The van der Waals surface area contributed by atoms with Crippen LogP contribution < -0.4 is 5.73 Å². The molecule has 3 heteroatoms. The minimum absolute atomic E-state index is 0.396. The standard InChI is InChI=1S/C5H10NO2/c1-3-8-5(7)4(2)6/h3-4H,6H2,1-2H3. The summed E-state index contributed by atoms with van der Waals surface area (Å²) in [5.41, 5.74) is 5.13. The fraction of sp³-hybridized carbons (Fsp3) is 0.600. The summed E-state index contributed by atoms with van der Waals surface area (Å²) < 4.78 is 4.41. The Labute approximate surface area is 48.8 Å². The zero-order valence-electron chi connectivity index (χ0n) is 5.05. The van der Waals surface area contributed by atoms with Crippen molar-refractivity contribution in [3.8, 4) is 0 Å². The Bertz CT molecular complexity index is 80.5. The average molecular weight is 116 g/mol. The van der Waals surface area contributed by atoms with Gasteiger partial charge in [-0.3, -0.25) is 4.79 Å². The maximum absolute atomic E-state index is 10.4. The van der Waals surface area contributed by atoms with Gasteiger partial charge in [-0.25, -0.2) is 0 Å². The summed E-state index contributed by atoms with van der Waals surface area (Å²) in [4.78, 5) is 10.4. The first-order chi connectivity index (χ1) is 3.68. The van der Waals surface area contributed by atoms with Crippen molar-refractivity contribution in [3.63, 3.8) is 0 Å². The van der Waals surface area contributed by atoms with Crippen LogP contribution in [0.3, 0.4) is 0 Å². The Morgan fingerprint density at radius 3 is 2.50 bits per heavy atom. The van der Waals surface area contributed by atoms with E-state index in [9.17, 15) is 4.79 Å². The third-order valence-electron chi connectivity index (χ3n) is 0.606. The molecule has 0 aromatic carbocycles. The van der Waals surface area contributed by atoms with E-state index in [2.05, 4.69) is 4.74 Å². The number of carbonyl (C=O) groups excluding carboxylic acids is 1. The van der Waals surface area contributed by atoms with Crippen molar-refractivity contribution in [2.75, 3.05) is 0 Å². The number of ether oxygens (including phenoxy) is 1. The first kappa shape index (κ1) is 7.43. The normalized spacial score (nSPS) is 12.9. The highest BCUT2D eigenvalue weighted by Gasteiger charge is 2.05. The zero-order chi connectivity index (χ0) is 6.57. The summed E-state index contributed by atoms with van der Waals surface area (Å²) in [5, 5.41) is 0. The molecule has 0 heterocycles. The summed E-state index contributed by atoms with van der Waals surface area (Å²) >= 11 is 0. The van der Waals surface area contributed by atoms with Gasteiger partial charge in [-0.1, -0.05) is 0 Å². The van der Waals surface area contributed by atoms with Crippen LogP contribution in [-0.2, 0) is 9.53 Å². The van der Waals surface area contributed by atoms with Gasteiger partial charge in [0.15, 0.2) is 0 Å². The summed E-state index contributed by atoms with van der Waals surface area (Å²) in [6.45, 7) is 4.51. The second-order valence-electron chi connectivity index (χ2n) is 1.46. The summed E-state index contributed by atoms with van der Waals surface area (Å²) in [6.07, 6.45) is 0. The first-order valence-electron chi connectivity index (χ1n) is 2.42. The molecule has 0 fully saturated rings. The molecule has 0 aliphatic heterocycles. The minimum Gasteiger partial charge on any atom is -0.458 e. The summed E-state index contributed by atoms with van der Waals surface area (Å²) in [6, 6.07) is -0.522. The van der Waals surface area contributed by atoms with Crippen LogP contribution in [0.15, 0.2) is 0 Å². The van der Waals surface area contributed by atoms with Crippen molar-refractivity contribution in [2.24, 2.45) is 5.73 Å². The van der Waals surface area contributed by atoms with Gasteiger partial charge < -0.3 is 10.5 Å². The van der Waals surface area contributed by atoms with Gasteiger partial charge in [-0.2, -0.15) is 0 Å². The van der Waals surface area contributed by atoms with Gasteiger partial charge in [-0.05, 0) is 13.8 Å². The quantitative estimate of drug-likeness (QED) is 0.519. The van der Waals surface area contributed by atoms with E-state index in [-0.39, 0.29) is 0 Å². The molecule has 3 nitrogen and oxygen atoms in total. The lowest BCUT2D eigenvalue weighted by atomic mass is 10.4. The monoisotopic (exact) mass is 116 g/mol. The smallest absolute Gasteiger partial charge is 0.323 e. The molecule has 0 bridgehead atoms. The predicted octanol–water partition coefficient (Wildman–Crippen LogP) is 0.0585. The summed E-state index contributed by atoms with van der Waals surface area (Å²) in [7, 11) is 0. The van der Waals surface area contributed by atoms with Crippen molar-refractivity contribution < 1.29 is 9.53 Å². The number of esters is 1. The molecule has 47 valence electrons. The number of carbonyl (C=O) groups is 1. The highest BCUT2D eigenvalue weighted by molar-refractivity contribution is 5.75. The number of hydrogen-bond acceptors (Lipinski definition) is 3. The molecule has 0 saturated carbocycles. The number of nitrogens with two attached hydrogens (primary N) is 1. The topological polar surface area (TPSA) is 52.3 Å². The molecule has 0 aliphatic rings. The summed E-state index contributed by atoms with van der Waals surface area (Å²) in [5.74, 6) is -0.396. The predicted molar refractivity (Wildman–Crippen MR) is 29.7 cm³/mol. The Kier molecular flexibility index (Phi) is 3.19. The molecule has 0 aliphatic carbocycles. The van der Waals surface area contributed by atoms with Crippen molar-refractivity contribution >= 4 is 5.97 Å². The van der Waals surface area contributed by atoms with E-state index >= 15 is 0 Å². The van der Waals surface area contributed by atoms with Gasteiger partial charge in [0.05, 0.1) is 0 Å². The molecule has 1 unspecified atom stereocenters. The maximum Gasteiger partial charge on any atom is 0.323 e. The van der Waals surface area contributed by atoms with Crippen LogP contribution in [0.1, 0.15) is 13.8 Å². The number of rotatable bonds is 2. The second kappa shape index (κ2) is 3.43. The molecule has 0 amide bonds. The molecule has 0 rings (SSSR count). The van der Waals surface area contributed by atoms with Crippen LogP contribution >= 0.6 is 0 Å². The average Bonchev–Trinajstić information content (AvgIpc) is 1.67. The SMILES string of the molecule is C[CH]OC(=O)C(C)N. The molecule has 2 N–H and O–H groups in total. The third kappa shape index (κ3) is 2.58. The lowest BCUT2D eigenvalue weighted by Gasteiger charge is -2.01. The van der Waals surface area contributed by atoms with Crippen LogP contribution in [0.2, 0.25) is 0 Å². The lowest BCUT2D eigenvalue weighted by Crippen LogP contribution is -2.27. The van der Waals surface area contributed by atoms with Gasteiger partial charge in [0.1, 0.15) is 12.6 Å². The highest BCUT2D eigenvalue weighted by Crippen LogP contribution is 1.84. The fourth-order valence-corrected chi connectivity index (χ4v) is 0.223. The number of hydrogen-bond donors (Lipinski definition) is 1. The molecule has 0 spiro atoms. The van der Waals surface area contributed by atoms with Crippen molar-refractivity contribution in [1.82, 2.24) is 0 Å². The third-order valence-corrected chi connectivity index (χ3v) is 0.606. The lowest BCUT2D eigenvalue weighted by molar-refractivity contribution is -0.141. The minimum atomic E-state index is -0.522. The van der Waals surface area contributed by atoms with Crippen molar-refractivity contribution in [3.05, 3.63) is 6.61 Å².